The van der Waals surface area contributed by atoms with E-state index in [0.29, 0.717) is 12.8 Å². The summed E-state index contributed by atoms with van der Waals surface area (Å²) in [6.45, 7) is 1.49. The van der Waals surface area contributed by atoms with E-state index < -0.39 is 11.4 Å². The summed E-state index contributed by atoms with van der Waals surface area (Å²) in [7, 11) is 0. The fourth-order valence-electron chi connectivity index (χ4n) is 2.48. The summed E-state index contributed by atoms with van der Waals surface area (Å²) in [5.74, 6) is -0.922. The Hall–Kier alpha value is -1.64. The van der Waals surface area contributed by atoms with Crippen LogP contribution in [0.3, 0.4) is 0 Å². The van der Waals surface area contributed by atoms with Crippen LogP contribution >= 0.6 is 0 Å². The van der Waals surface area contributed by atoms with Crippen LogP contribution in [-0.4, -0.2) is 16.9 Å². The van der Waals surface area contributed by atoms with Gasteiger partial charge in [-0.1, -0.05) is 24.3 Å². The third-order valence-electron chi connectivity index (χ3n) is 3.41. The van der Waals surface area contributed by atoms with Crippen LogP contribution in [0.1, 0.15) is 24.5 Å². The number of rotatable bonds is 3. The van der Waals surface area contributed by atoms with Crippen molar-refractivity contribution in [2.24, 2.45) is 5.41 Å². The lowest BCUT2D eigenvalue weighted by atomic mass is 9.78. The second-order valence-electron chi connectivity index (χ2n) is 4.53. The van der Waals surface area contributed by atoms with E-state index >= 15 is 0 Å². The molecule has 1 N–H and O–H groups in total. The molecule has 16 heavy (non-hydrogen) atoms. The van der Waals surface area contributed by atoms with E-state index in [0.717, 1.165) is 11.1 Å². The van der Waals surface area contributed by atoms with Crippen molar-refractivity contribution in [1.82, 2.24) is 0 Å². The summed E-state index contributed by atoms with van der Waals surface area (Å²) in [4.78, 5) is 22.6. The quantitative estimate of drug-likeness (QED) is 0.842. The van der Waals surface area contributed by atoms with Gasteiger partial charge in [-0.2, -0.15) is 0 Å². The lowest BCUT2D eigenvalue weighted by molar-refractivity contribution is -0.143. The van der Waals surface area contributed by atoms with Gasteiger partial charge in [0.2, 0.25) is 0 Å². The van der Waals surface area contributed by atoms with Crippen LogP contribution in [0.15, 0.2) is 24.3 Å². The largest absolute Gasteiger partial charge is 0.481 e. The van der Waals surface area contributed by atoms with E-state index in [2.05, 4.69) is 0 Å². The fourth-order valence-corrected chi connectivity index (χ4v) is 2.48. The number of ketones is 1. The number of carboxylic acid groups (broad SMARTS) is 1. The van der Waals surface area contributed by atoms with E-state index in [1.54, 1.807) is 0 Å². The predicted octanol–water partition coefficient (Wildman–Crippen LogP) is 1.84. The Morgan fingerprint density at radius 3 is 2.12 bits per heavy atom. The van der Waals surface area contributed by atoms with Crippen molar-refractivity contribution in [3.63, 3.8) is 0 Å². The van der Waals surface area contributed by atoms with Gasteiger partial charge in [0.05, 0.1) is 6.42 Å². The van der Waals surface area contributed by atoms with Crippen LogP contribution in [-0.2, 0) is 22.4 Å². The first-order valence-corrected chi connectivity index (χ1v) is 5.33. The number of Topliss-reactive ketones (excluding diaryl/α,β-unsaturated/α-hetero) is 1. The number of carboxylic acids is 1. The maximum Gasteiger partial charge on any atom is 0.304 e. The summed E-state index contributed by atoms with van der Waals surface area (Å²) >= 11 is 0. The lowest BCUT2D eigenvalue weighted by Gasteiger charge is -2.23. The van der Waals surface area contributed by atoms with E-state index in [1.165, 1.54) is 6.92 Å². The molecule has 1 aromatic rings. The molecule has 0 fully saturated rings. The molecule has 0 unspecified atom stereocenters. The smallest absolute Gasteiger partial charge is 0.304 e. The molecule has 84 valence electrons. The summed E-state index contributed by atoms with van der Waals surface area (Å²) in [6.07, 6.45) is 1.05. The number of carbonyl (C=O) groups excluding carboxylic acids is 1. The van der Waals surface area contributed by atoms with Crippen LogP contribution in [0, 0.1) is 5.41 Å². The fraction of sp³-hybridized carbons (Fsp3) is 0.385. The minimum atomic E-state index is -0.900. The molecule has 0 saturated carbocycles. The second-order valence-corrected chi connectivity index (χ2v) is 4.53. The highest BCUT2D eigenvalue weighted by Gasteiger charge is 2.42. The van der Waals surface area contributed by atoms with Crippen molar-refractivity contribution in [3.8, 4) is 0 Å². The molecular formula is C13H14O3. The van der Waals surface area contributed by atoms with Gasteiger partial charge in [-0.25, -0.2) is 0 Å². The van der Waals surface area contributed by atoms with Gasteiger partial charge in [0.1, 0.15) is 5.78 Å². The first kappa shape index (κ1) is 10.9. The second kappa shape index (κ2) is 3.74. The molecule has 0 heterocycles. The molecule has 0 spiro atoms. The SMILES string of the molecule is CC(=O)C1(CC(=O)O)Cc2ccccc2C1. The van der Waals surface area contributed by atoms with E-state index in [9.17, 15) is 9.59 Å². The van der Waals surface area contributed by atoms with E-state index in [1.807, 2.05) is 24.3 Å². The van der Waals surface area contributed by atoms with Crippen molar-refractivity contribution < 1.29 is 14.7 Å². The maximum atomic E-state index is 11.7. The highest BCUT2D eigenvalue weighted by atomic mass is 16.4. The van der Waals surface area contributed by atoms with Gasteiger partial charge in [0.15, 0.2) is 0 Å². The summed E-state index contributed by atoms with van der Waals surface area (Å²) in [5.41, 5.74) is 1.51. The summed E-state index contributed by atoms with van der Waals surface area (Å²) in [5, 5.41) is 8.91. The van der Waals surface area contributed by atoms with Crippen LogP contribution in [0.4, 0.5) is 0 Å². The topological polar surface area (TPSA) is 54.4 Å². The van der Waals surface area contributed by atoms with Crippen molar-refractivity contribution >= 4 is 11.8 Å². The van der Waals surface area contributed by atoms with Gasteiger partial charge in [0, 0.05) is 5.41 Å². The molecule has 1 aromatic carbocycles. The Morgan fingerprint density at radius 2 is 1.75 bits per heavy atom. The van der Waals surface area contributed by atoms with Crippen LogP contribution in [0.5, 0.6) is 0 Å². The monoisotopic (exact) mass is 218 g/mol. The van der Waals surface area contributed by atoms with Crippen LogP contribution in [0.25, 0.3) is 0 Å². The van der Waals surface area contributed by atoms with Gasteiger partial charge in [-0.3, -0.25) is 9.59 Å². The molecule has 2 rings (SSSR count). The number of carbonyl (C=O) groups is 2. The van der Waals surface area contributed by atoms with Crippen molar-refractivity contribution in [2.75, 3.05) is 0 Å². The number of fused-ring (bicyclic) bond motifs is 1. The minimum absolute atomic E-state index is 0.0221. The predicted molar refractivity (Wildman–Crippen MR) is 59.2 cm³/mol. The molecule has 0 aliphatic heterocycles. The van der Waals surface area contributed by atoms with Crippen LogP contribution < -0.4 is 0 Å². The Kier molecular flexibility index (Phi) is 2.54. The van der Waals surface area contributed by atoms with Gasteiger partial charge >= 0.3 is 5.97 Å². The maximum absolute atomic E-state index is 11.7. The zero-order valence-corrected chi connectivity index (χ0v) is 9.19. The number of benzene rings is 1. The Morgan fingerprint density at radius 1 is 1.25 bits per heavy atom. The van der Waals surface area contributed by atoms with E-state index in [-0.39, 0.29) is 12.2 Å². The molecule has 1 aliphatic carbocycles. The Bertz CT molecular complexity index is 423. The summed E-state index contributed by atoms with van der Waals surface area (Å²) < 4.78 is 0. The average molecular weight is 218 g/mol. The van der Waals surface area contributed by atoms with Crippen molar-refractivity contribution in [1.29, 1.82) is 0 Å². The van der Waals surface area contributed by atoms with Crippen molar-refractivity contribution in [3.05, 3.63) is 35.4 Å². The number of hydrogen-bond acceptors (Lipinski definition) is 2. The average Bonchev–Trinajstić information content (AvgIpc) is 2.55. The molecule has 1 aliphatic rings. The third-order valence-corrected chi connectivity index (χ3v) is 3.41. The molecule has 0 amide bonds. The number of aliphatic carboxylic acids is 1. The normalized spacial score (nSPS) is 16.8. The Labute approximate surface area is 94.1 Å². The van der Waals surface area contributed by atoms with Gasteiger partial charge in [-0.15, -0.1) is 0 Å². The minimum Gasteiger partial charge on any atom is -0.481 e. The molecule has 0 saturated heterocycles. The molecular weight excluding hydrogens is 204 g/mol. The van der Waals surface area contributed by atoms with Gasteiger partial charge in [-0.05, 0) is 30.9 Å². The van der Waals surface area contributed by atoms with Gasteiger partial charge in [0.25, 0.3) is 0 Å². The molecule has 3 heteroatoms. The first-order valence-electron chi connectivity index (χ1n) is 5.33. The van der Waals surface area contributed by atoms with Gasteiger partial charge < -0.3 is 5.11 Å². The standard InChI is InChI=1S/C13H14O3/c1-9(14)13(8-12(15)16)6-10-4-2-3-5-11(10)7-13/h2-5H,6-8H2,1H3,(H,15,16). The zero-order valence-electron chi connectivity index (χ0n) is 9.19. The molecule has 0 bridgehead atoms. The van der Waals surface area contributed by atoms with Crippen LogP contribution in [0.2, 0.25) is 0 Å². The molecule has 0 atom stereocenters. The highest BCUT2D eigenvalue weighted by Crippen LogP contribution is 2.40. The summed E-state index contributed by atoms with van der Waals surface area (Å²) in [6, 6.07) is 7.80. The lowest BCUT2D eigenvalue weighted by Crippen LogP contribution is -2.32. The molecule has 0 radical (unpaired) electrons. The number of hydrogen-bond donors (Lipinski definition) is 1. The highest BCUT2D eigenvalue weighted by molar-refractivity contribution is 5.88. The van der Waals surface area contributed by atoms with Crippen molar-refractivity contribution in [2.45, 2.75) is 26.2 Å². The zero-order chi connectivity index (χ0) is 11.8. The molecule has 3 nitrogen and oxygen atoms in total. The van der Waals surface area contributed by atoms with E-state index in [4.69, 9.17) is 5.11 Å². The first-order chi connectivity index (χ1) is 7.53. The third kappa shape index (κ3) is 1.73. The Balaban J connectivity index is 2.34. The molecule has 0 aromatic heterocycles.